The fraction of sp³-hybridized carbons (Fsp3) is 0.476. The van der Waals surface area contributed by atoms with Crippen molar-refractivity contribution in [2.75, 3.05) is 18.4 Å². The summed E-state index contributed by atoms with van der Waals surface area (Å²) >= 11 is 3.40. The van der Waals surface area contributed by atoms with Crippen LogP contribution in [0.1, 0.15) is 30.9 Å². The predicted molar refractivity (Wildman–Crippen MR) is 109 cm³/mol. The molecule has 3 aliphatic rings. The van der Waals surface area contributed by atoms with Crippen LogP contribution in [0.15, 0.2) is 40.9 Å². The average molecular weight is 451 g/mol. The van der Waals surface area contributed by atoms with Crippen molar-refractivity contribution in [1.29, 1.82) is 0 Å². The van der Waals surface area contributed by atoms with Crippen molar-refractivity contribution in [3.63, 3.8) is 0 Å². The maximum atomic E-state index is 14.8. The topological polar surface area (TPSA) is 70.6 Å². The molecule has 0 amide bonds. The highest BCUT2D eigenvalue weighted by Crippen LogP contribution is 2.49. The number of hydrogen-bond acceptors (Lipinski definition) is 4. The van der Waals surface area contributed by atoms with E-state index in [0.717, 1.165) is 24.8 Å². The minimum Gasteiger partial charge on any atom is -0.480 e. The predicted octanol–water partition coefficient (Wildman–Crippen LogP) is 4.03. The highest BCUT2D eigenvalue weighted by Gasteiger charge is 2.44. The second-order valence-corrected chi connectivity index (χ2v) is 8.59. The normalized spacial score (nSPS) is 31.0. The molecule has 7 heteroatoms. The molecule has 3 N–H and O–H groups in total. The van der Waals surface area contributed by atoms with Crippen molar-refractivity contribution in [3.8, 4) is 0 Å². The monoisotopic (exact) mass is 450 g/mol. The highest BCUT2D eigenvalue weighted by atomic mass is 79.9. The molecule has 0 radical (unpaired) electrons. The zero-order valence-corrected chi connectivity index (χ0v) is 17.0. The molecule has 0 saturated carbocycles. The van der Waals surface area contributed by atoms with Crippen LogP contribution in [0.3, 0.4) is 0 Å². The summed E-state index contributed by atoms with van der Waals surface area (Å²) in [4.78, 5) is 10.8. The Bertz CT molecular complexity index is 813. The molecule has 0 spiro atoms. The first-order valence-electron chi connectivity index (χ1n) is 9.69. The van der Waals surface area contributed by atoms with Gasteiger partial charge in [0.25, 0.3) is 0 Å². The molecule has 1 unspecified atom stereocenters. The third kappa shape index (κ3) is 4.02. The molecule has 0 aromatic heterocycles. The summed E-state index contributed by atoms with van der Waals surface area (Å²) in [7, 11) is 0. The molecule has 2 aliphatic heterocycles. The SMILES string of the molecule is O=C(O)CNC[C@H]1CC[C@@H]2[C@H](O1)c1cc(Br)cc(F)c1N[C@H]2C1C=CC=CC1. The zero-order valence-electron chi connectivity index (χ0n) is 15.4. The van der Waals surface area contributed by atoms with E-state index in [1.54, 1.807) is 0 Å². The number of carboxylic acid groups (broad SMARTS) is 1. The Morgan fingerprint density at radius 1 is 1.36 bits per heavy atom. The van der Waals surface area contributed by atoms with Crippen LogP contribution in [0.4, 0.5) is 10.1 Å². The first kappa shape index (κ1) is 19.6. The molecule has 0 bridgehead atoms. The van der Waals surface area contributed by atoms with Gasteiger partial charge in [0, 0.05) is 34.5 Å². The van der Waals surface area contributed by atoms with Crippen LogP contribution in [0.2, 0.25) is 0 Å². The maximum absolute atomic E-state index is 14.8. The summed E-state index contributed by atoms with van der Waals surface area (Å²) in [6, 6.07) is 3.51. The first-order valence-corrected chi connectivity index (χ1v) is 10.5. The minimum atomic E-state index is -0.885. The highest BCUT2D eigenvalue weighted by molar-refractivity contribution is 9.10. The van der Waals surface area contributed by atoms with Gasteiger partial charge in [0.05, 0.1) is 24.4 Å². The number of carbonyl (C=O) groups is 1. The maximum Gasteiger partial charge on any atom is 0.317 e. The van der Waals surface area contributed by atoms with Gasteiger partial charge in [0.2, 0.25) is 0 Å². The third-order valence-corrected chi connectivity index (χ3v) is 6.30. The molecule has 4 rings (SSSR count). The number of aliphatic carboxylic acids is 1. The molecule has 150 valence electrons. The molecule has 1 aromatic rings. The molecule has 1 saturated heterocycles. The van der Waals surface area contributed by atoms with Crippen LogP contribution < -0.4 is 10.6 Å². The van der Waals surface area contributed by atoms with Crippen molar-refractivity contribution in [2.45, 2.75) is 37.5 Å². The van der Waals surface area contributed by atoms with E-state index in [0.29, 0.717) is 22.6 Å². The van der Waals surface area contributed by atoms with E-state index < -0.39 is 5.97 Å². The molecule has 1 fully saturated rings. The van der Waals surface area contributed by atoms with E-state index in [-0.39, 0.29) is 36.5 Å². The van der Waals surface area contributed by atoms with Gasteiger partial charge in [-0.3, -0.25) is 4.79 Å². The number of benzene rings is 1. The lowest BCUT2D eigenvalue weighted by molar-refractivity contribution is -0.136. The van der Waals surface area contributed by atoms with Crippen LogP contribution in [0.5, 0.6) is 0 Å². The van der Waals surface area contributed by atoms with E-state index in [4.69, 9.17) is 9.84 Å². The second-order valence-electron chi connectivity index (χ2n) is 7.68. The third-order valence-electron chi connectivity index (χ3n) is 5.84. The van der Waals surface area contributed by atoms with E-state index in [9.17, 15) is 9.18 Å². The first-order chi connectivity index (χ1) is 13.5. The lowest BCUT2D eigenvalue weighted by Gasteiger charge is -2.47. The molecule has 2 heterocycles. The molecule has 28 heavy (non-hydrogen) atoms. The van der Waals surface area contributed by atoms with Crippen molar-refractivity contribution in [1.82, 2.24) is 5.32 Å². The van der Waals surface area contributed by atoms with E-state index in [2.05, 4.69) is 44.8 Å². The largest absolute Gasteiger partial charge is 0.480 e. The smallest absolute Gasteiger partial charge is 0.317 e. The zero-order chi connectivity index (χ0) is 19.7. The van der Waals surface area contributed by atoms with Gasteiger partial charge >= 0.3 is 5.97 Å². The summed E-state index contributed by atoms with van der Waals surface area (Å²) in [6.07, 6.45) is 10.9. The Morgan fingerprint density at radius 3 is 2.96 bits per heavy atom. The fourth-order valence-corrected chi connectivity index (χ4v) is 5.05. The van der Waals surface area contributed by atoms with Gasteiger partial charge in [-0.2, -0.15) is 0 Å². The van der Waals surface area contributed by atoms with Crippen LogP contribution >= 0.6 is 15.9 Å². The number of rotatable bonds is 5. The van der Waals surface area contributed by atoms with Gasteiger partial charge in [0.15, 0.2) is 0 Å². The molecular weight excluding hydrogens is 427 g/mol. The molecule has 1 aliphatic carbocycles. The standard InChI is InChI=1S/C21H24BrFN2O3/c22-13-8-16-20(17(23)9-13)25-19(12-4-2-1-3-5-12)15-7-6-14(28-21(15)16)10-24-11-18(26)27/h1-4,8-9,12,14-15,19,21,24-25H,5-7,10-11H2,(H,26,27)/t12?,14-,15+,19+,21+/m1/s1. The number of ether oxygens (including phenoxy) is 1. The van der Waals surface area contributed by atoms with Crippen molar-refractivity contribution >= 4 is 27.6 Å². The number of hydrogen-bond donors (Lipinski definition) is 3. The van der Waals surface area contributed by atoms with Crippen molar-refractivity contribution < 1.29 is 19.0 Å². The van der Waals surface area contributed by atoms with E-state index >= 15 is 0 Å². The summed E-state index contributed by atoms with van der Waals surface area (Å²) in [5.41, 5.74) is 1.36. The van der Waals surface area contributed by atoms with E-state index in [1.807, 2.05) is 12.1 Å². The van der Waals surface area contributed by atoms with Gasteiger partial charge < -0.3 is 20.5 Å². The van der Waals surface area contributed by atoms with Gasteiger partial charge in [-0.1, -0.05) is 40.2 Å². The Morgan fingerprint density at radius 2 is 2.21 bits per heavy atom. The number of anilines is 1. The van der Waals surface area contributed by atoms with Crippen LogP contribution in [-0.4, -0.2) is 36.3 Å². The van der Waals surface area contributed by atoms with Gasteiger partial charge in [-0.05, 0) is 31.4 Å². The quantitative estimate of drug-likeness (QED) is 0.631. The number of carboxylic acids is 1. The summed E-state index contributed by atoms with van der Waals surface area (Å²) < 4.78 is 21.9. The van der Waals surface area contributed by atoms with Crippen LogP contribution in [0.25, 0.3) is 0 Å². The minimum absolute atomic E-state index is 0.0870. The van der Waals surface area contributed by atoms with Crippen LogP contribution in [0, 0.1) is 17.7 Å². The van der Waals surface area contributed by atoms with Crippen molar-refractivity contribution in [2.24, 2.45) is 11.8 Å². The average Bonchev–Trinajstić information content (AvgIpc) is 2.68. The van der Waals surface area contributed by atoms with Crippen molar-refractivity contribution in [3.05, 3.63) is 52.3 Å². The molecule has 5 atom stereocenters. The number of halogens is 2. The molecule has 1 aromatic carbocycles. The number of nitrogens with one attached hydrogen (secondary N) is 2. The Kier molecular flexibility index (Phi) is 5.85. The van der Waals surface area contributed by atoms with Gasteiger partial charge in [-0.15, -0.1) is 0 Å². The Labute approximate surface area is 172 Å². The Balaban J connectivity index is 1.60. The summed E-state index contributed by atoms with van der Waals surface area (Å²) in [5.74, 6) is -0.640. The van der Waals surface area contributed by atoms with Crippen LogP contribution in [-0.2, 0) is 9.53 Å². The molecule has 5 nitrogen and oxygen atoms in total. The molecular formula is C21H24BrFN2O3. The number of allylic oxidation sites excluding steroid dienone is 3. The summed E-state index contributed by atoms with van der Waals surface area (Å²) in [6.45, 7) is 0.388. The Hall–Kier alpha value is -1.70. The number of fused-ring (bicyclic) bond motifs is 3. The lowest BCUT2D eigenvalue weighted by Crippen LogP contribution is -2.48. The van der Waals surface area contributed by atoms with E-state index in [1.165, 1.54) is 6.07 Å². The fourth-order valence-electron chi connectivity index (χ4n) is 4.60. The second kappa shape index (κ2) is 8.35. The van der Waals surface area contributed by atoms with Gasteiger partial charge in [-0.25, -0.2) is 4.39 Å². The van der Waals surface area contributed by atoms with Gasteiger partial charge in [0.1, 0.15) is 5.82 Å². The lowest BCUT2D eigenvalue weighted by atomic mass is 9.73. The summed E-state index contributed by atoms with van der Waals surface area (Å²) in [5, 5.41) is 15.2.